The smallest absolute Gasteiger partial charge is 0.257 e. The molecule has 0 radical (unpaired) electrons. The van der Waals surface area contributed by atoms with Crippen LogP contribution in [0.4, 0.5) is 4.39 Å². The first-order valence-corrected chi connectivity index (χ1v) is 8.67. The van der Waals surface area contributed by atoms with Crippen molar-refractivity contribution in [1.29, 1.82) is 0 Å². The van der Waals surface area contributed by atoms with E-state index in [1.807, 2.05) is 60.7 Å². The number of nitrogens with zero attached hydrogens (tertiary/aromatic N) is 1. The Labute approximate surface area is 179 Å². The first-order valence-electron chi connectivity index (χ1n) is 8.67. The summed E-state index contributed by atoms with van der Waals surface area (Å²) in [5, 5.41) is 0.538. The zero-order chi connectivity index (χ0) is 18.8. The van der Waals surface area contributed by atoms with Gasteiger partial charge in [0.2, 0.25) is 0 Å². The Morgan fingerprint density at radius 3 is 2.31 bits per heavy atom. The maximum atomic E-state index is 12.8. The van der Waals surface area contributed by atoms with E-state index < -0.39 is 12.7 Å². The lowest BCUT2D eigenvalue weighted by molar-refractivity contribution is 0.437. The molecule has 0 aliphatic carbocycles. The molecule has 1 unspecified atom stereocenters. The number of fused-ring (bicyclic) bond motifs is 1. The predicted molar refractivity (Wildman–Crippen MR) is 121 cm³/mol. The van der Waals surface area contributed by atoms with Crippen molar-refractivity contribution >= 4 is 35.7 Å². The number of aromatic amines is 1. The number of pyridine rings is 2. The standard InChI is InChI=1S/C22H18FN3O.2ClH/c23-13-19(24)15-6-8-16(9-7-15)21-17(14-4-2-1-3-5-14)12-18-20(26-21)10-11-25-22(18)27;;/h1-12,19H,13,24H2,(H,25,27);2*1H. The molecular formula is C22H20Cl2FN3O. The van der Waals surface area contributed by atoms with Gasteiger partial charge in [-0.05, 0) is 23.3 Å². The third kappa shape index (κ3) is 4.48. The summed E-state index contributed by atoms with van der Waals surface area (Å²) in [6.45, 7) is -0.606. The largest absolute Gasteiger partial charge is 0.328 e. The van der Waals surface area contributed by atoms with Crippen LogP contribution in [0.15, 0.2) is 77.7 Å². The number of benzene rings is 2. The second-order valence-corrected chi connectivity index (χ2v) is 6.37. The molecule has 4 rings (SSSR count). The summed E-state index contributed by atoms with van der Waals surface area (Å²) in [7, 11) is 0. The molecule has 2 aromatic heterocycles. The Balaban J connectivity index is 0.00000150. The van der Waals surface area contributed by atoms with E-state index in [2.05, 4.69) is 4.98 Å². The molecule has 1 atom stereocenters. The van der Waals surface area contributed by atoms with Crippen molar-refractivity contribution in [3.05, 3.63) is 88.8 Å². The molecular weight excluding hydrogens is 412 g/mol. The van der Waals surface area contributed by atoms with Gasteiger partial charge in [0.05, 0.1) is 22.6 Å². The van der Waals surface area contributed by atoms with Crippen molar-refractivity contribution in [2.75, 3.05) is 6.67 Å². The maximum absolute atomic E-state index is 12.8. The van der Waals surface area contributed by atoms with Crippen molar-refractivity contribution in [3.63, 3.8) is 0 Å². The zero-order valence-corrected chi connectivity index (χ0v) is 17.0. The number of H-pyrrole nitrogens is 1. The molecule has 4 nitrogen and oxygen atoms in total. The van der Waals surface area contributed by atoms with Crippen LogP contribution < -0.4 is 11.3 Å². The van der Waals surface area contributed by atoms with Crippen LogP contribution in [0.1, 0.15) is 11.6 Å². The third-order valence-corrected chi connectivity index (χ3v) is 4.62. The van der Waals surface area contributed by atoms with Crippen molar-refractivity contribution in [2.24, 2.45) is 5.73 Å². The lowest BCUT2D eigenvalue weighted by Crippen LogP contribution is -2.11. The van der Waals surface area contributed by atoms with Gasteiger partial charge < -0.3 is 10.7 Å². The SMILES string of the molecule is Cl.Cl.NC(CF)c1ccc(-c2nc3cc[nH]c(=O)c3cc2-c2ccccc2)cc1. The van der Waals surface area contributed by atoms with Crippen LogP contribution >= 0.6 is 24.8 Å². The summed E-state index contributed by atoms with van der Waals surface area (Å²) in [6, 6.07) is 20.2. The van der Waals surface area contributed by atoms with E-state index in [1.54, 1.807) is 12.3 Å². The van der Waals surface area contributed by atoms with Crippen LogP contribution in [0, 0.1) is 0 Å². The molecule has 4 aromatic rings. The summed E-state index contributed by atoms with van der Waals surface area (Å²) in [6.07, 6.45) is 1.59. The summed E-state index contributed by atoms with van der Waals surface area (Å²) in [5.41, 5.74) is 10.4. The number of hydrogen-bond acceptors (Lipinski definition) is 3. The molecule has 29 heavy (non-hydrogen) atoms. The van der Waals surface area contributed by atoms with Crippen LogP contribution in [-0.4, -0.2) is 16.6 Å². The van der Waals surface area contributed by atoms with Gasteiger partial charge in [-0.25, -0.2) is 9.37 Å². The lowest BCUT2D eigenvalue weighted by atomic mass is 9.96. The van der Waals surface area contributed by atoms with Crippen LogP contribution in [-0.2, 0) is 0 Å². The number of hydrogen-bond donors (Lipinski definition) is 2. The third-order valence-electron chi connectivity index (χ3n) is 4.62. The number of nitrogens with one attached hydrogen (secondary N) is 1. The molecule has 3 N–H and O–H groups in total. The Hall–Kier alpha value is -2.73. The normalized spacial score (nSPS) is 11.4. The van der Waals surface area contributed by atoms with Crippen LogP contribution in [0.5, 0.6) is 0 Å². The van der Waals surface area contributed by atoms with Gasteiger partial charge in [-0.2, -0.15) is 0 Å². The molecule has 0 saturated heterocycles. The van der Waals surface area contributed by atoms with Crippen LogP contribution in [0.3, 0.4) is 0 Å². The summed E-state index contributed by atoms with van der Waals surface area (Å²) >= 11 is 0. The highest BCUT2D eigenvalue weighted by molar-refractivity contribution is 5.91. The summed E-state index contributed by atoms with van der Waals surface area (Å²) in [4.78, 5) is 19.7. The Morgan fingerprint density at radius 2 is 1.66 bits per heavy atom. The number of halogens is 3. The van der Waals surface area contributed by atoms with E-state index in [0.29, 0.717) is 10.9 Å². The average Bonchev–Trinajstić information content (AvgIpc) is 2.73. The Kier molecular flexibility index (Phi) is 7.51. The predicted octanol–water partition coefficient (Wildman–Crippen LogP) is 5.07. The minimum atomic E-state index is -0.629. The molecule has 150 valence electrons. The first kappa shape index (κ1) is 22.6. The quantitative estimate of drug-likeness (QED) is 0.473. The van der Waals surface area contributed by atoms with Crippen molar-refractivity contribution in [3.8, 4) is 22.4 Å². The highest BCUT2D eigenvalue weighted by Crippen LogP contribution is 2.33. The average molecular weight is 432 g/mol. The molecule has 2 aromatic carbocycles. The second-order valence-electron chi connectivity index (χ2n) is 6.37. The fraction of sp³-hybridized carbons (Fsp3) is 0.0909. The van der Waals surface area contributed by atoms with Gasteiger partial charge in [0.25, 0.3) is 5.56 Å². The fourth-order valence-electron chi connectivity index (χ4n) is 3.15. The monoisotopic (exact) mass is 431 g/mol. The van der Waals surface area contributed by atoms with E-state index in [1.165, 1.54) is 0 Å². The van der Waals surface area contributed by atoms with Crippen LogP contribution in [0.2, 0.25) is 0 Å². The van der Waals surface area contributed by atoms with Gasteiger partial charge in [-0.3, -0.25) is 4.79 Å². The first-order chi connectivity index (χ1) is 13.2. The van der Waals surface area contributed by atoms with Crippen molar-refractivity contribution in [1.82, 2.24) is 9.97 Å². The molecule has 7 heteroatoms. The Morgan fingerprint density at radius 1 is 0.966 bits per heavy atom. The fourth-order valence-corrected chi connectivity index (χ4v) is 3.15. The lowest BCUT2D eigenvalue weighted by Gasteiger charge is -2.13. The summed E-state index contributed by atoms with van der Waals surface area (Å²) < 4.78 is 12.8. The van der Waals surface area contributed by atoms with E-state index in [9.17, 15) is 9.18 Å². The van der Waals surface area contributed by atoms with E-state index in [-0.39, 0.29) is 30.4 Å². The zero-order valence-electron chi connectivity index (χ0n) is 15.3. The van der Waals surface area contributed by atoms with Gasteiger partial charge in [-0.1, -0.05) is 54.6 Å². The summed E-state index contributed by atoms with van der Waals surface area (Å²) in [5.74, 6) is 0. The minimum absolute atomic E-state index is 0. The van der Waals surface area contributed by atoms with Gasteiger partial charge in [0.15, 0.2) is 0 Å². The molecule has 0 amide bonds. The molecule has 0 bridgehead atoms. The number of alkyl halides is 1. The van der Waals surface area contributed by atoms with Gasteiger partial charge in [-0.15, -0.1) is 24.8 Å². The van der Waals surface area contributed by atoms with Crippen molar-refractivity contribution in [2.45, 2.75) is 6.04 Å². The topological polar surface area (TPSA) is 71.8 Å². The highest BCUT2D eigenvalue weighted by atomic mass is 35.5. The van der Waals surface area contributed by atoms with Gasteiger partial charge in [0, 0.05) is 17.3 Å². The molecule has 0 saturated carbocycles. The molecule has 0 aliphatic heterocycles. The van der Waals surface area contributed by atoms with Crippen LogP contribution in [0.25, 0.3) is 33.3 Å². The number of aromatic nitrogens is 2. The number of nitrogens with two attached hydrogens (primary N) is 1. The molecule has 2 heterocycles. The highest BCUT2D eigenvalue weighted by Gasteiger charge is 2.13. The molecule has 0 fully saturated rings. The minimum Gasteiger partial charge on any atom is -0.328 e. The van der Waals surface area contributed by atoms with Crippen molar-refractivity contribution < 1.29 is 4.39 Å². The maximum Gasteiger partial charge on any atom is 0.257 e. The van der Waals surface area contributed by atoms with E-state index in [4.69, 9.17) is 10.7 Å². The van der Waals surface area contributed by atoms with Gasteiger partial charge in [0.1, 0.15) is 6.67 Å². The molecule has 0 spiro atoms. The van der Waals surface area contributed by atoms with Gasteiger partial charge >= 0.3 is 0 Å². The number of rotatable bonds is 4. The van der Waals surface area contributed by atoms with E-state index >= 15 is 0 Å². The van der Waals surface area contributed by atoms with E-state index in [0.717, 1.165) is 27.9 Å². The Bertz CT molecular complexity index is 1150. The second kappa shape index (κ2) is 9.65. The molecule has 0 aliphatic rings.